The predicted octanol–water partition coefficient (Wildman–Crippen LogP) is 4.48. The molecular weight excluding hydrogens is 347 g/mol. The third-order valence-electron chi connectivity index (χ3n) is 5.16. The lowest BCUT2D eigenvalue weighted by molar-refractivity contribution is -0.0583. The molecule has 0 aliphatic heterocycles. The van der Waals surface area contributed by atoms with E-state index in [4.69, 9.17) is 9.57 Å². The summed E-state index contributed by atoms with van der Waals surface area (Å²) in [6.07, 6.45) is 3.44. The van der Waals surface area contributed by atoms with E-state index >= 15 is 0 Å². The largest absolute Gasteiger partial charge is 0.490 e. The van der Waals surface area contributed by atoms with Crippen molar-refractivity contribution in [2.75, 3.05) is 0 Å². The Morgan fingerprint density at radius 1 is 1.04 bits per heavy atom. The molecule has 0 saturated heterocycles. The molecule has 0 heterocycles. The van der Waals surface area contributed by atoms with Crippen LogP contribution < -0.4 is 10.2 Å². The fraction of sp³-hybridized carbons (Fsp3) is 0.632. The van der Waals surface area contributed by atoms with Crippen molar-refractivity contribution in [3.63, 3.8) is 0 Å². The molecule has 3 aliphatic rings. The minimum atomic E-state index is -2.63. The quantitative estimate of drug-likeness (QED) is 0.752. The molecule has 0 unspecified atom stereocenters. The zero-order chi connectivity index (χ0) is 18.3. The third-order valence-corrected chi connectivity index (χ3v) is 5.16. The molecule has 3 aliphatic carbocycles. The highest BCUT2D eigenvalue weighted by Gasteiger charge is 2.37. The number of ether oxygens (including phenoxy) is 1. The molecular formula is C19H22F3NO3. The lowest BCUT2D eigenvalue weighted by Gasteiger charge is -2.29. The van der Waals surface area contributed by atoms with Crippen molar-refractivity contribution in [3.05, 3.63) is 29.1 Å². The Morgan fingerprint density at radius 3 is 2.35 bits per heavy atom. The maximum Gasteiger partial charge on any atom is 0.277 e. The Balaban J connectivity index is 1.49. The number of carbonyl (C=O) groups excluding carboxylic acids is 1. The first-order valence-corrected chi connectivity index (χ1v) is 9.25. The van der Waals surface area contributed by atoms with Crippen molar-refractivity contribution in [3.8, 4) is 5.75 Å². The average Bonchev–Trinajstić information content (AvgIpc) is 3.48. The number of carbonyl (C=O) groups is 1. The summed E-state index contributed by atoms with van der Waals surface area (Å²) in [5.74, 6) is -3.33. The number of hydrogen-bond acceptors (Lipinski definition) is 3. The van der Waals surface area contributed by atoms with Crippen LogP contribution in [0, 0.1) is 5.82 Å². The van der Waals surface area contributed by atoms with Gasteiger partial charge in [-0.15, -0.1) is 0 Å². The van der Waals surface area contributed by atoms with Crippen LogP contribution in [-0.2, 0) is 4.84 Å². The molecule has 7 heteroatoms. The van der Waals surface area contributed by atoms with Crippen molar-refractivity contribution in [1.29, 1.82) is 0 Å². The normalized spacial score (nSPS) is 22.9. The predicted molar refractivity (Wildman–Crippen MR) is 87.8 cm³/mol. The highest BCUT2D eigenvalue weighted by Crippen LogP contribution is 2.46. The summed E-state index contributed by atoms with van der Waals surface area (Å²) in [5, 5.41) is 0. The van der Waals surface area contributed by atoms with Crippen LogP contribution in [0.25, 0.3) is 0 Å². The van der Waals surface area contributed by atoms with Gasteiger partial charge in [0, 0.05) is 18.9 Å². The molecule has 4 nitrogen and oxygen atoms in total. The maximum atomic E-state index is 14.5. The summed E-state index contributed by atoms with van der Waals surface area (Å²) < 4.78 is 46.9. The number of alkyl halides is 2. The van der Waals surface area contributed by atoms with Gasteiger partial charge in [0.2, 0.25) is 5.92 Å². The zero-order valence-corrected chi connectivity index (χ0v) is 14.4. The molecule has 1 amide bonds. The van der Waals surface area contributed by atoms with Crippen LogP contribution in [-0.4, -0.2) is 24.0 Å². The van der Waals surface area contributed by atoms with Crippen LogP contribution in [0.4, 0.5) is 13.2 Å². The number of amides is 1. The monoisotopic (exact) mass is 369 g/mol. The molecule has 0 atom stereocenters. The minimum Gasteiger partial charge on any atom is -0.490 e. The third kappa shape index (κ3) is 4.14. The van der Waals surface area contributed by atoms with Gasteiger partial charge in [0.15, 0.2) is 0 Å². The van der Waals surface area contributed by atoms with Crippen molar-refractivity contribution < 1.29 is 27.5 Å². The van der Waals surface area contributed by atoms with E-state index in [1.54, 1.807) is 0 Å². The number of benzene rings is 1. The van der Waals surface area contributed by atoms with E-state index in [2.05, 4.69) is 5.48 Å². The minimum absolute atomic E-state index is 0.0250. The van der Waals surface area contributed by atoms with Gasteiger partial charge in [0.25, 0.3) is 5.91 Å². The molecule has 3 fully saturated rings. The number of hydrogen-bond donors (Lipinski definition) is 1. The molecule has 0 bridgehead atoms. The number of hydroxylamine groups is 1. The summed E-state index contributed by atoms with van der Waals surface area (Å²) in [7, 11) is 0. The SMILES string of the molecule is O=C(NOC1CC1)c1cc(C2CC2)c(OC2CCC(F)(F)CC2)cc1F. The zero-order valence-electron chi connectivity index (χ0n) is 14.4. The lowest BCUT2D eigenvalue weighted by atomic mass is 9.94. The Morgan fingerprint density at radius 2 is 1.73 bits per heavy atom. The topological polar surface area (TPSA) is 47.6 Å². The molecule has 26 heavy (non-hydrogen) atoms. The summed E-state index contributed by atoms with van der Waals surface area (Å²) in [6, 6.07) is 2.73. The fourth-order valence-electron chi connectivity index (χ4n) is 3.25. The number of rotatable bonds is 6. The number of halogens is 3. The highest BCUT2D eigenvalue weighted by molar-refractivity contribution is 5.94. The van der Waals surface area contributed by atoms with Gasteiger partial charge in [-0.1, -0.05) is 0 Å². The molecule has 0 aromatic heterocycles. The van der Waals surface area contributed by atoms with Gasteiger partial charge < -0.3 is 4.74 Å². The Labute approximate surface area is 150 Å². The summed E-state index contributed by atoms with van der Waals surface area (Å²) in [6.45, 7) is 0. The van der Waals surface area contributed by atoms with Crippen LogP contribution in [0.15, 0.2) is 12.1 Å². The molecule has 1 aromatic rings. The molecule has 142 valence electrons. The average molecular weight is 369 g/mol. The van der Waals surface area contributed by atoms with Gasteiger partial charge in [-0.25, -0.2) is 18.7 Å². The van der Waals surface area contributed by atoms with Gasteiger partial charge in [0.1, 0.15) is 11.6 Å². The van der Waals surface area contributed by atoms with Crippen LogP contribution in [0.2, 0.25) is 0 Å². The van der Waals surface area contributed by atoms with Crippen molar-refractivity contribution in [2.45, 2.75) is 75.4 Å². The first-order chi connectivity index (χ1) is 12.4. The van der Waals surface area contributed by atoms with Gasteiger partial charge >= 0.3 is 0 Å². The second-order valence-electron chi connectivity index (χ2n) is 7.57. The van der Waals surface area contributed by atoms with E-state index in [9.17, 15) is 18.0 Å². The van der Waals surface area contributed by atoms with E-state index in [0.717, 1.165) is 31.2 Å². The van der Waals surface area contributed by atoms with Crippen LogP contribution in [0.3, 0.4) is 0 Å². The Hall–Kier alpha value is -1.76. The van der Waals surface area contributed by atoms with Gasteiger partial charge in [-0.2, -0.15) is 0 Å². The standard InChI is InChI=1S/C19H22F3NO3/c20-16-10-17(25-12-5-7-19(21,22)8-6-12)14(11-1-2-11)9-15(16)18(24)23-26-13-3-4-13/h9-13H,1-8H2,(H,23,24). The second kappa shape index (κ2) is 6.76. The molecule has 0 spiro atoms. The van der Waals surface area contributed by atoms with Gasteiger partial charge in [-0.3, -0.25) is 9.63 Å². The summed E-state index contributed by atoms with van der Waals surface area (Å²) >= 11 is 0. The van der Waals surface area contributed by atoms with Gasteiger partial charge in [-0.05, 0) is 56.1 Å². The molecule has 3 saturated carbocycles. The summed E-state index contributed by atoms with van der Waals surface area (Å²) in [5.41, 5.74) is 3.00. The first kappa shape index (κ1) is 17.6. The van der Waals surface area contributed by atoms with Gasteiger partial charge in [0.05, 0.1) is 17.8 Å². The molecule has 4 rings (SSSR count). The van der Waals surface area contributed by atoms with Crippen molar-refractivity contribution in [2.24, 2.45) is 0 Å². The van der Waals surface area contributed by atoms with Crippen LogP contribution in [0.5, 0.6) is 5.75 Å². The van der Waals surface area contributed by atoms with E-state index in [-0.39, 0.29) is 49.4 Å². The van der Waals surface area contributed by atoms with E-state index in [1.165, 1.54) is 12.1 Å². The molecule has 1 N–H and O–H groups in total. The maximum absolute atomic E-state index is 14.5. The van der Waals surface area contributed by atoms with E-state index in [1.807, 2.05) is 0 Å². The number of nitrogens with one attached hydrogen (secondary N) is 1. The fourth-order valence-corrected chi connectivity index (χ4v) is 3.25. The first-order valence-electron chi connectivity index (χ1n) is 9.25. The van der Waals surface area contributed by atoms with Crippen LogP contribution >= 0.6 is 0 Å². The lowest BCUT2D eigenvalue weighted by Crippen LogP contribution is -2.31. The summed E-state index contributed by atoms with van der Waals surface area (Å²) in [4.78, 5) is 17.3. The molecule has 0 radical (unpaired) electrons. The van der Waals surface area contributed by atoms with Crippen LogP contribution in [0.1, 0.15) is 73.2 Å². The second-order valence-corrected chi connectivity index (χ2v) is 7.57. The highest BCUT2D eigenvalue weighted by atomic mass is 19.3. The molecule has 1 aromatic carbocycles. The van der Waals surface area contributed by atoms with E-state index < -0.39 is 17.6 Å². The van der Waals surface area contributed by atoms with Crippen molar-refractivity contribution >= 4 is 5.91 Å². The van der Waals surface area contributed by atoms with Crippen molar-refractivity contribution in [1.82, 2.24) is 5.48 Å². The van der Waals surface area contributed by atoms with E-state index in [0.29, 0.717) is 5.75 Å². The smallest absolute Gasteiger partial charge is 0.277 e. The Bertz CT molecular complexity index is 692. The Kier molecular flexibility index (Phi) is 4.59.